The summed E-state index contributed by atoms with van der Waals surface area (Å²) in [5.41, 5.74) is 1.43. The molecule has 2 amide bonds. The van der Waals surface area contributed by atoms with Gasteiger partial charge in [-0.25, -0.2) is 0 Å². The predicted molar refractivity (Wildman–Crippen MR) is 68.8 cm³/mol. The molecule has 0 aromatic heterocycles. The molecule has 100 valence electrons. The van der Waals surface area contributed by atoms with E-state index in [0.717, 1.165) is 5.56 Å². The molecule has 1 heterocycles. The van der Waals surface area contributed by atoms with Crippen molar-refractivity contribution in [2.24, 2.45) is 0 Å². The van der Waals surface area contributed by atoms with Crippen LogP contribution in [0.1, 0.15) is 37.7 Å². The SMILES string of the molecule is CC(CC(=O)O)c1ccc(N2C(=O)CCC2=O)cc1. The molecule has 5 heteroatoms. The third-order valence-corrected chi connectivity index (χ3v) is 3.25. The van der Waals surface area contributed by atoms with Crippen molar-refractivity contribution in [2.75, 3.05) is 4.90 Å². The van der Waals surface area contributed by atoms with Crippen LogP contribution in [-0.4, -0.2) is 22.9 Å². The molecule has 0 radical (unpaired) electrons. The minimum Gasteiger partial charge on any atom is -0.481 e. The molecule has 0 aliphatic carbocycles. The number of carbonyl (C=O) groups excluding carboxylic acids is 2. The Balaban J connectivity index is 2.16. The highest BCUT2D eigenvalue weighted by Crippen LogP contribution is 2.26. The van der Waals surface area contributed by atoms with Crippen LogP contribution in [0.3, 0.4) is 0 Å². The Labute approximate surface area is 110 Å². The Morgan fingerprint density at radius 3 is 2.21 bits per heavy atom. The number of carboxylic acid groups (broad SMARTS) is 1. The van der Waals surface area contributed by atoms with Crippen LogP contribution >= 0.6 is 0 Å². The molecule has 2 rings (SSSR count). The predicted octanol–water partition coefficient (Wildman–Crippen LogP) is 1.92. The van der Waals surface area contributed by atoms with Gasteiger partial charge in [-0.3, -0.25) is 19.3 Å². The number of anilines is 1. The van der Waals surface area contributed by atoms with Crippen LogP contribution in [0.2, 0.25) is 0 Å². The Kier molecular flexibility index (Phi) is 3.64. The number of benzene rings is 1. The van der Waals surface area contributed by atoms with Gasteiger partial charge in [0.1, 0.15) is 0 Å². The summed E-state index contributed by atoms with van der Waals surface area (Å²) in [5.74, 6) is -1.31. The summed E-state index contributed by atoms with van der Waals surface area (Å²) < 4.78 is 0. The van der Waals surface area contributed by atoms with E-state index in [4.69, 9.17) is 5.11 Å². The fourth-order valence-electron chi connectivity index (χ4n) is 2.20. The third kappa shape index (κ3) is 2.81. The van der Waals surface area contributed by atoms with Crippen LogP contribution in [-0.2, 0) is 14.4 Å². The van der Waals surface area contributed by atoms with Crippen molar-refractivity contribution in [3.8, 4) is 0 Å². The van der Waals surface area contributed by atoms with Gasteiger partial charge in [0, 0.05) is 12.8 Å². The van der Waals surface area contributed by atoms with Gasteiger partial charge in [0.25, 0.3) is 0 Å². The molecule has 1 N–H and O–H groups in total. The summed E-state index contributed by atoms with van der Waals surface area (Å²) in [6.07, 6.45) is 0.576. The summed E-state index contributed by atoms with van der Waals surface area (Å²) in [7, 11) is 0. The molecular weight excluding hydrogens is 246 g/mol. The Morgan fingerprint density at radius 1 is 1.21 bits per heavy atom. The number of hydrogen-bond donors (Lipinski definition) is 1. The fourth-order valence-corrected chi connectivity index (χ4v) is 2.20. The van der Waals surface area contributed by atoms with Crippen molar-refractivity contribution in [1.82, 2.24) is 0 Å². The van der Waals surface area contributed by atoms with Gasteiger partial charge in [-0.2, -0.15) is 0 Å². The lowest BCUT2D eigenvalue weighted by atomic mass is 9.97. The average molecular weight is 261 g/mol. The fraction of sp³-hybridized carbons (Fsp3) is 0.357. The zero-order chi connectivity index (χ0) is 14.0. The van der Waals surface area contributed by atoms with Gasteiger partial charge in [-0.1, -0.05) is 19.1 Å². The quantitative estimate of drug-likeness (QED) is 0.840. The minimum atomic E-state index is -0.846. The van der Waals surface area contributed by atoms with E-state index >= 15 is 0 Å². The van der Waals surface area contributed by atoms with Gasteiger partial charge in [0.05, 0.1) is 12.1 Å². The molecule has 0 saturated carbocycles. The monoisotopic (exact) mass is 261 g/mol. The largest absolute Gasteiger partial charge is 0.481 e. The number of carbonyl (C=O) groups is 3. The summed E-state index contributed by atoms with van der Waals surface area (Å²) in [5, 5.41) is 8.74. The van der Waals surface area contributed by atoms with Gasteiger partial charge >= 0.3 is 5.97 Å². The van der Waals surface area contributed by atoms with Crippen molar-refractivity contribution in [2.45, 2.75) is 32.1 Å². The first-order chi connectivity index (χ1) is 8.99. The summed E-state index contributed by atoms with van der Waals surface area (Å²) in [6, 6.07) is 6.91. The van der Waals surface area contributed by atoms with E-state index in [-0.39, 0.29) is 37.0 Å². The number of nitrogens with zero attached hydrogens (tertiary/aromatic N) is 1. The van der Waals surface area contributed by atoms with E-state index in [1.54, 1.807) is 24.3 Å². The van der Waals surface area contributed by atoms with Crippen LogP contribution in [0.25, 0.3) is 0 Å². The molecule has 1 aliphatic heterocycles. The highest BCUT2D eigenvalue weighted by atomic mass is 16.4. The molecule has 1 saturated heterocycles. The van der Waals surface area contributed by atoms with E-state index in [1.165, 1.54) is 4.90 Å². The summed E-state index contributed by atoms with van der Waals surface area (Å²) in [4.78, 5) is 35.0. The molecular formula is C14H15NO4. The van der Waals surface area contributed by atoms with Crippen LogP contribution in [0.15, 0.2) is 24.3 Å². The second-order valence-corrected chi connectivity index (χ2v) is 4.71. The van der Waals surface area contributed by atoms with Gasteiger partial charge < -0.3 is 5.11 Å². The summed E-state index contributed by atoms with van der Waals surface area (Å²) >= 11 is 0. The van der Waals surface area contributed by atoms with Crippen molar-refractivity contribution in [3.63, 3.8) is 0 Å². The highest BCUT2D eigenvalue weighted by Gasteiger charge is 2.30. The van der Waals surface area contributed by atoms with Gasteiger partial charge in [-0.15, -0.1) is 0 Å². The smallest absolute Gasteiger partial charge is 0.303 e. The van der Waals surface area contributed by atoms with Crippen LogP contribution < -0.4 is 4.90 Å². The number of imide groups is 1. The normalized spacial score (nSPS) is 16.8. The van der Waals surface area contributed by atoms with E-state index < -0.39 is 5.97 Å². The lowest BCUT2D eigenvalue weighted by Crippen LogP contribution is -2.28. The lowest BCUT2D eigenvalue weighted by Gasteiger charge is -2.15. The molecule has 1 fully saturated rings. The maximum absolute atomic E-state index is 11.6. The third-order valence-electron chi connectivity index (χ3n) is 3.25. The standard InChI is InChI=1S/C14H15NO4/c1-9(8-14(18)19)10-2-4-11(5-3-10)15-12(16)6-7-13(15)17/h2-5,9H,6-8H2,1H3,(H,18,19). The van der Waals surface area contributed by atoms with E-state index in [9.17, 15) is 14.4 Å². The maximum Gasteiger partial charge on any atom is 0.303 e. The van der Waals surface area contributed by atoms with Crippen molar-refractivity contribution in [3.05, 3.63) is 29.8 Å². The van der Waals surface area contributed by atoms with Crippen LogP contribution in [0, 0.1) is 0 Å². The van der Waals surface area contributed by atoms with Gasteiger partial charge in [0.15, 0.2) is 0 Å². The van der Waals surface area contributed by atoms with Crippen LogP contribution in [0.5, 0.6) is 0 Å². The Morgan fingerprint density at radius 2 is 1.74 bits per heavy atom. The van der Waals surface area contributed by atoms with Crippen molar-refractivity contribution in [1.29, 1.82) is 0 Å². The molecule has 19 heavy (non-hydrogen) atoms. The first-order valence-electron chi connectivity index (χ1n) is 6.16. The first-order valence-corrected chi connectivity index (χ1v) is 6.16. The number of hydrogen-bond acceptors (Lipinski definition) is 3. The molecule has 1 aromatic carbocycles. The number of carboxylic acids is 1. The van der Waals surface area contributed by atoms with Crippen LogP contribution in [0.4, 0.5) is 5.69 Å². The Bertz CT molecular complexity index is 505. The van der Waals surface area contributed by atoms with E-state index in [1.807, 2.05) is 6.92 Å². The second-order valence-electron chi connectivity index (χ2n) is 4.71. The second kappa shape index (κ2) is 5.22. The molecule has 0 bridgehead atoms. The number of rotatable bonds is 4. The number of aliphatic carboxylic acids is 1. The number of amides is 2. The van der Waals surface area contributed by atoms with Crippen molar-refractivity contribution < 1.29 is 19.5 Å². The molecule has 1 unspecified atom stereocenters. The zero-order valence-electron chi connectivity index (χ0n) is 10.6. The first kappa shape index (κ1) is 13.3. The Hall–Kier alpha value is -2.17. The van der Waals surface area contributed by atoms with E-state index in [2.05, 4.69) is 0 Å². The lowest BCUT2D eigenvalue weighted by molar-refractivity contribution is -0.137. The molecule has 1 aromatic rings. The van der Waals surface area contributed by atoms with E-state index in [0.29, 0.717) is 5.69 Å². The summed E-state index contributed by atoms with van der Waals surface area (Å²) in [6.45, 7) is 1.83. The topological polar surface area (TPSA) is 74.7 Å². The highest BCUT2D eigenvalue weighted by molar-refractivity contribution is 6.19. The molecule has 1 atom stereocenters. The molecule has 0 spiro atoms. The van der Waals surface area contributed by atoms with Gasteiger partial charge in [0.2, 0.25) is 11.8 Å². The van der Waals surface area contributed by atoms with Crippen molar-refractivity contribution >= 4 is 23.5 Å². The average Bonchev–Trinajstić information content (AvgIpc) is 2.68. The molecule has 5 nitrogen and oxygen atoms in total. The minimum absolute atomic E-state index is 0.0565. The zero-order valence-corrected chi connectivity index (χ0v) is 10.6. The maximum atomic E-state index is 11.6. The van der Waals surface area contributed by atoms with Gasteiger partial charge in [-0.05, 0) is 23.6 Å². The molecule has 1 aliphatic rings.